The molecule has 0 aliphatic carbocycles. The Hall–Kier alpha value is -3.02. The van der Waals surface area contributed by atoms with Crippen molar-refractivity contribution in [3.8, 4) is 5.88 Å². The second-order valence-electron chi connectivity index (χ2n) is 4.28. The highest BCUT2D eigenvalue weighted by atomic mass is 16.5. The number of hydrogen-bond donors (Lipinski definition) is 1. The van der Waals surface area contributed by atoms with Crippen LogP contribution in [0.4, 0.5) is 5.82 Å². The predicted octanol–water partition coefficient (Wildman–Crippen LogP) is 2.29. The standard InChI is InChI=1S/C15H12N4O2/c1-21-12-9-11(5-7-16-12)15(20)19-14-13-10(4-8-18-14)3-2-6-17-13/h2-9H,1H3,(H,18,19,20). The molecule has 21 heavy (non-hydrogen) atoms. The first-order chi connectivity index (χ1) is 10.3. The van der Waals surface area contributed by atoms with Crippen molar-refractivity contribution in [2.24, 2.45) is 0 Å². The number of methoxy groups -OCH3 is 1. The average Bonchev–Trinajstić information content (AvgIpc) is 2.55. The summed E-state index contributed by atoms with van der Waals surface area (Å²) in [6.45, 7) is 0. The van der Waals surface area contributed by atoms with Crippen molar-refractivity contribution < 1.29 is 9.53 Å². The minimum atomic E-state index is -0.290. The Labute approximate surface area is 120 Å². The van der Waals surface area contributed by atoms with Crippen LogP contribution in [0.1, 0.15) is 10.4 Å². The second-order valence-corrected chi connectivity index (χ2v) is 4.28. The Morgan fingerprint density at radius 3 is 2.81 bits per heavy atom. The average molecular weight is 280 g/mol. The molecule has 1 N–H and O–H groups in total. The SMILES string of the molecule is COc1cc(C(=O)Nc2nccc3cccnc23)ccn1. The van der Waals surface area contributed by atoms with E-state index in [-0.39, 0.29) is 5.91 Å². The fourth-order valence-corrected chi connectivity index (χ4v) is 1.94. The van der Waals surface area contributed by atoms with Gasteiger partial charge in [0, 0.05) is 35.6 Å². The van der Waals surface area contributed by atoms with Crippen LogP contribution in [0.5, 0.6) is 5.88 Å². The second kappa shape index (κ2) is 5.54. The molecular weight excluding hydrogens is 268 g/mol. The van der Waals surface area contributed by atoms with Crippen LogP contribution in [-0.4, -0.2) is 28.0 Å². The molecule has 0 radical (unpaired) electrons. The number of carbonyl (C=O) groups excluding carboxylic acids is 1. The van der Waals surface area contributed by atoms with Crippen LogP contribution in [0.3, 0.4) is 0 Å². The molecule has 0 saturated heterocycles. The maximum atomic E-state index is 12.3. The summed E-state index contributed by atoms with van der Waals surface area (Å²) in [7, 11) is 1.50. The molecule has 6 heteroatoms. The highest BCUT2D eigenvalue weighted by molar-refractivity contribution is 6.07. The molecule has 3 aromatic heterocycles. The molecular formula is C15H12N4O2. The van der Waals surface area contributed by atoms with Gasteiger partial charge < -0.3 is 10.1 Å². The number of anilines is 1. The number of amides is 1. The number of ether oxygens (including phenoxy) is 1. The molecule has 0 atom stereocenters. The smallest absolute Gasteiger partial charge is 0.257 e. The topological polar surface area (TPSA) is 77.0 Å². The summed E-state index contributed by atoms with van der Waals surface area (Å²) in [5.74, 6) is 0.516. The third-order valence-electron chi connectivity index (χ3n) is 2.96. The molecule has 1 amide bonds. The summed E-state index contributed by atoms with van der Waals surface area (Å²) < 4.78 is 5.01. The highest BCUT2D eigenvalue weighted by Crippen LogP contribution is 2.19. The van der Waals surface area contributed by atoms with Gasteiger partial charge in [-0.05, 0) is 18.2 Å². The number of aromatic nitrogens is 3. The lowest BCUT2D eigenvalue weighted by atomic mass is 10.2. The summed E-state index contributed by atoms with van der Waals surface area (Å²) in [5, 5.41) is 3.67. The number of nitrogens with one attached hydrogen (secondary N) is 1. The van der Waals surface area contributed by atoms with Gasteiger partial charge in [0.25, 0.3) is 5.91 Å². The first kappa shape index (κ1) is 13.0. The van der Waals surface area contributed by atoms with Gasteiger partial charge in [0.2, 0.25) is 5.88 Å². The van der Waals surface area contributed by atoms with Gasteiger partial charge in [0.05, 0.1) is 7.11 Å². The predicted molar refractivity (Wildman–Crippen MR) is 78.3 cm³/mol. The molecule has 3 heterocycles. The van der Waals surface area contributed by atoms with Crippen molar-refractivity contribution in [3.63, 3.8) is 0 Å². The highest BCUT2D eigenvalue weighted by Gasteiger charge is 2.11. The van der Waals surface area contributed by atoms with E-state index < -0.39 is 0 Å². The number of rotatable bonds is 3. The van der Waals surface area contributed by atoms with Gasteiger partial charge in [-0.25, -0.2) is 9.97 Å². The summed E-state index contributed by atoms with van der Waals surface area (Å²) in [5.41, 5.74) is 1.09. The Morgan fingerprint density at radius 2 is 1.95 bits per heavy atom. The zero-order chi connectivity index (χ0) is 14.7. The van der Waals surface area contributed by atoms with Crippen molar-refractivity contribution in [1.82, 2.24) is 15.0 Å². The van der Waals surface area contributed by atoms with E-state index in [0.29, 0.717) is 22.8 Å². The fourth-order valence-electron chi connectivity index (χ4n) is 1.94. The summed E-state index contributed by atoms with van der Waals surface area (Å²) in [6, 6.07) is 8.76. The van der Waals surface area contributed by atoms with Gasteiger partial charge in [-0.2, -0.15) is 0 Å². The molecule has 0 bridgehead atoms. The van der Waals surface area contributed by atoms with Crippen LogP contribution in [0.25, 0.3) is 10.9 Å². The number of carbonyl (C=O) groups is 1. The normalized spacial score (nSPS) is 10.3. The molecule has 0 saturated carbocycles. The number of pyridine rings is 3. The molecule has 0 aliphatic rings. The van der Waals surface area contributed by atoms with E-state index in [0.717, 1.165) is 5.39 Å². The van der Waals surface area contributed by atoms with E-state index in [1.54, 1.807) is 24.5 Å². The maximum Gasteiger partial charge on any atom is 0.257 e. The van der Waals surface area contributed by atoms with Crippen LogP contribution in [0.15, 0.2) is 48.9 Å². The number of hydrogen-bond acceptors (Lipinski definition) is 5. The zero-order valence-electron chi connectivity index (χ0n) is 11.3. The first-order valence-electron chi connectivity index (χ1n) is 6.29. The minimum Gasteiger partial charge on any atom is -0.481 e. The Kier molecular flexibility index (Phi) is 3.42. The van der Waals surface area contributed by atoms with Gasteiger partial charge in [0.1, 0.15) is 5.52 Å². The van der Waals surface area contributed by atoms with Crippen LogP contribution < -0.4 is 10.1 Å². The molecule has 104 valence electrons. The maximum absolute atomic E-state index is 12.3. The Bertz CT molecular complexity index is 799. The van der Waals surface area contributed by atoms with E-state index in [1.165, 1.54) is 13.3 Å². The van der Waals surface area contributed by atoms with Crippen LogP contribution in [0.2, 0.25) is 0 Å². The van der Waals surface area contributed by atoms with E-state index in [2.05, 4.69) is 20.3 Å². The van der Waals surface area contributed by atoms with E-state index in [1.807, 2.05) is 18.2 Å². The molecule has 0 unspecified atom stereocenters. The summed E-state index contributed by atoms with van der Waals surface area (Å²) in [6.07, 6.45) is 4.81. The summed E-state index contributed by atoms with van der Waals surface area (Å²) >= 11 is 0. The van der Waals surface area contributed by atoms with Crippen molar-refractivity contribution in [2.45, 2.75) is 0 Å². The van der Waals surface area contributed by atoms with E-state index >= 15 is 0 Å². The van der Waals surface area contributed by atoms with Crippen LogP contribution in [0, 0.1) is 0 Å². The van der Waals surface area contributed by atoms with Crippen molar-refractivity contribution >= 4 is 22.6 Å². The molecule has 3 rings (SSSR count). The lowest BCUT2D eigenvalue weighted by Gasteiger charge is -2.07. The zero-order valence-corrected chi connectivity index (χ0v) is 11.3. The first-order valence-corrected chi connectivity index (χ1v) is 6.29. The van der Waals surface area contributed by atoms with Gasteiger partial charge >= 0.3 is 0 Å². The molecule has 0 spiro atoms. The lowest BCUT2D eigenvalue weighted by Crippen LogP contribution is -2.13. The third kappa shape index (κ3) is 2.64. The minimum absolute atomic E-state index is 0.290. The van der Waals surface area contributed by atoms with Crippen LogP contribution >= 0.6 is 0 Å². The Morgan fingerprint density at radius 1 is 1.10 bits per heavy atom. The van der Waals surface area contributed by atoms with Crippen molar-refractivity contribution in [2.75, 3.05) is 12.4 Å². The quantitative estimate of drug-likeness (QED) is 0.796. The molecule has 3 aromatic rings. The molecule has 0 aromatic carbocycles. The van der Waals surface area contributed by atoms with Crippen molar-refractivity contribution in [3.05, 3.63) is 54.5 Å². The fraction of sp³-hybridized carbons (Fsp3) is 0.0667. The van der Waals surface area contributed by atoms with Gasteiger partial charge in [-0.3, -0.25) is 9.78 Å². The Balaban J connectivity index is 1.93. The number of nitrogens with zero attached hydrogens (tertiary/aromatic N) is 3. The van der Waals surface area contributed by atoms with E-state index in [9.17, 15) is 4.79 Å². The third-order valence-corrected chi connectivity index (χ3v) is 2.96. The molecule has 0 fully saturated rings. The monoisotopic (exact) mass is 280 g/mol. The van der Waals surface area contributed by atoms with Gasteiger partial charge in [-0.15, -0.1) is 0 Å². The molecule has 0 aliphatic heterocycles. The van der Waals surface area contributed by atoms with Crippen molar-refractivity contribution in [1.29, 1.82) is 0 Å². The van der Waals surface area contributed by atoms with E-state index in [4.69, 9.17) is 4.74 Å². The van der Waals surface area contributed by atoms with Crippen LogP contribution in [-0.2, 0) is 0 Å². The van der Waals surface area contributed by atoms with Gasteiger partial charge in [-0.1, -0.05) is 6.07 Å². The van der Waals surface area contributed by atoms with Gasteiger partial charge in [0.15, 0.2) is 5.82 Å². The largest absolute Gasteiger partial charge is 0.481 e. The summed E-state index contributed by atoms with van der Waals surface area (Å²) in [4.78, 5) is 24.7. The molecule has 6 nitrogen and oxygen atoms in total. The lowest BCUT2D eigenvalue weighted by molar-refractivity contribution is 0.102. The number of fused-ring (bicyclic) bond motifs is 1.